The summed E-state index contributed by atoms with van der Waals surface area (Å²) in [5.41, 5.74) is 2.18. The SMILES string of the molecule is CCSc1ccccc1NC1CC(NC(=O)OCc2ccccc2)C1. The van der Waals surface area contributed by atoms with Crippen LogP contribution in [0, 0.1) is 0 Å². The molecule has 5 heteroatoms. The van der Waals surface area contributed by atoms with Gasteiger partial charge in [-0.1, -0.05) is 49.4 Å². The summed E-state index contributed by atoms with van der Waals surface area (Å²) in [6.07, 6.45) is 1.51. The Hall–Kier alpha value is -2.14. The largest absolute Gasteiger partial charge is 0.445 e. The molecule has 132 valence electrons. The summed E-state index contributed by atoms with van der Waals surface area (Å²) in [7, 11) is 0. The molecule has 1 saturated carbocycles. The molecule has 4 nitrogen and oxygen atoms in total. The highest BCUT2D eigenvalue weighted by Crippen LogP contribution is 2.31. The summed E-state index contributed by atoms with van der Waals surface area (Å²) in [6, 6.07) is 18.7. The fraction of sp³-hybridized carbons (Fsp3) is 0.350. The van der Waals surface area contributed by atoms with Crippen LogP contribution in [0.2, 0.25) is 0 Å². The number of anilines is 1. The highest BCUT2D eigenvalue weighted by Gasteiger charge is 2.31. The molecule has 0 atom stereocenters. The molecule has 0 unspecified atom stereocenters. The second-order valence-electron chi connectivity index (χ2n) is 6.14. The third-order valence-electron chi connectivity index (χ3n) is 4.22. The monoisotopic (exact) mass is 356 g/mol. The number of carbonyl (C=O) groups is 1. The van der Waals surface area contributed by atoms with Gasteiger partial charge in [-0.05, 0) is 36.3 Å². The Morgan fingerprint density at radius 2 is 1.80 bits per heavy atom. The van der Waals surface area contributed by atoms with E-state index in [9.17, 15) is 4.79 Å². The van der Waals surface area contributed by atoms with Crippen LogP contribution in [0.1, 0.15) is 25.3 Å². The lowest BCUT2D eigenvalue weighted by Gasteiger charge is -2.37. The highest BCUT2D eigenvalue weighted by atomic mass is 32.2. The smallest absolute Gasteiger partial charge is 0.407 e. The van der Waals surface area contributed by atoms with E-state index in [-0.39, 0.29) is 12.1 Å². The van der Waals surface area contributed by atoms with Crippen molar-refractivity contribution in [2.45, 2.75) is 43.4 Å². The maximum absolute atomic E-state index is 11.9. The van der Waals surface area contributed by atoms with Gasteiger partial charge in [-0.2, -0.15) is 0 Å². The van der Waals surface area contributed by atoms with E-state index in [1.54, 1.807) is 0 Å². The van der Waals surface area contributed by atoms with Crippen LogP contribution in [0.5, 0.6) is 0 Å². The molecule has 3 rings (SSSR count). The summed E-state index contributed by atoms with van der Waals surface area (Å²) < 4.78 is 5.27. The van der Waals surface area contributed by atoms with Crippen molar-refractivity contribution in [3.63, 3.8) is 0 Å². The zero-order valence-corrected chi connectivity index (χ0v) is 15.2. The quantitative estimate of drug-likeness (QED) is 0.708. The van der Waals surface area contributed by atoms with Gasteiger partial charge in [0, 0.05) is 22.7 Å². The average molecular weight is 356 g/mol. The fourth-order valence-electron chi connectivity index (χ4n) is 2.87. The van der Waals surface area contributed by atoms with Gasteiger partial charge in [0.25, 0.3) is 0 Å². The first-order valence-corrected chi connectivity index (χ1v) is 9.68. The molecule has 1 aliphatic carbocycles. The summed E-state index contributed by atoms with van der Waals surface area (Å²) in [5.74, 6) is 1.06. The summed E-state index contributed by atoms with van der Waals surface area (Å²) >= 11 is 1.84. The highest BCUT2D eigenvalue weighted by molar-refractivity contribution is 7.99. The van der Waals surface area contributed by atoms with E-state index >= 15 is 0 Å². The minimum Gasteiger partial charge on any atom is -0.445 e. The number of para-hydroxylation sites is 1. The number of alkyl carbamates (subject to hydrolysis) is 1. The molecule has 1 fully saturated rings. The molecule has 0 spiro atoms. The molecule has 25 heavy (non-hydrogen) atoms. The first-order valence-electron chi connectivity index (χ1n) is 8.70. The second-order valence-corrected chi connectivity index (χ2v) is 7.45. The molecule has 1 amide bonds. The Bertz CT molecular complexity index is 687. The van der Waals surface area contributed by atoms with Crippen molar-refractivity contribution in [3.8, 4) is 0 Å². The van der Waals surface area contributed by atoms with Crippen molar-refractivity contribution in [1.29, 1.82) is 0 Å². The first kappa shape index (κ1) is 17.7. The lowest BCUT2D eigenvalue weighted by Crippen LogP contribution is -2.49. The Morgan fingerprint density at radius 3 is 2.56 bits per heavy atom. The van der Waals surface area contributed by atoms with Crippen LogP contribution in [0.15, 0.2) is 59.5 Å². The van der Waals surface area contributed by atoms with Crippen LogP contribution in [-0.4, -0.2) is 23.9 Å². The number of thioether (sulfide) groups is 1. The van der Waals surface area contributed by atoms with Gasteiger partial charge in [0.2, 0.25) is 0 Å². The van der Waals surface area contributed by atoms with Crippen LogP contribution < -0.4 is 10.6 Å². The predicted octanol–water partition coefficient (Wildman–Crippen LogP) is 4.67. The zero-order chi connectivity index (χ0) is 17.5. The van der Waals surface area contributed by atoms with Crippen molar-refractivity contribution >= 4 is 23.5 Å². The lowest BCUT2D eigenvalue weighted by molar-refractivity contribution is 0.129. The summed E-state index contributed by atoms with van der Waals surface area (Å²) in [6.45, 7) is 2.47. The number of benzene rings is 2. The number of carbonyl (C=O) groups excluding carboxylic acids is 1. The second kappa shape index (κ2) is 8.81. The van der Waals surface area contributed by atoms with Gasteiger partial charge < -0.3 is 15.4 Å². The molecule has 2 aromatic rings. The van der Waals surface area contributed by atoms with Crippen LogP contribution in [0.25, 0.3) is 0 Å². The molecule has 0 radical (unpaired) electrons. The Kier molecular flexibility index (Phi) is 6.23. The van der Waals surface area contributed by atoms with Gasteiger partial charge in [0.05, 0.1) is 0 Å². The lowest BCUT2D eigenvalue weighted by atomic mass is 9.86. The molecule has 2 aromatic carbocycles. The van der Waals surface area contributed by atoms with Gasteiger partial charge in [-0.3, -0.25) is 0 Å². The topological polar surface area (TPSA) is 50.4 Å². The third-order valence-corrected chi connectivity index (χ3v) is 5.18. The number of ether oxygens (including phenoxy) is 1. The molecular formula is C20H24N2O2S. The van der Waals surface area contributed by atoms with E-state index in [1.165, 1.54) is 10.6 Å². The van der Waals surface area contributed by atoms with Gasteiger partial charge in [0.1, 0.15) is 6.61 Å². The number of hydrogen-bond acceptors (Lipinski definition) is 4. The fourth-order valence-corrected chi connectivity index (χ4v) is 3.64. The standard InChI is InChI=1S/C20H24N2O2S/c1-2-25-19-11-7-6-10-18(19)21-16-12-17(13-16)22-20(23)24-14-15-8-4-3-5-9-15/h3-11,16-17,21H,2,12-14H2,1H3,(H,22,23). The molecule has 0 aromatic heterocycles. The van der Waals surface area contributed by atoms with Gasteiger partial charge in [0.15, 0.2) is 0 Å². The molecule has 0 heterocycles. The zero-order valence-electron chi connectivity index (χ0n) is 14.4. The van der Waals surface area contributed by atoms with Gasteiger partial charge >= 0.3 is 6.09 Å². The van der Waals surface area contributed by atoms with E-state index in [2.05, 4.69) is 41.8 Å². The van der Waals surface area contributed by atoms with Crippen LogP contribution in [0.3, 0.4) is 0 Å². The van der Waals surface area contributed by atoms with Gasteiger partial charge in [-0.25, -0.2) is 4.79 Å². The van der Waals surface area contributed by atoms with E-state index in [1.807, 2.05) is 42.1 Å². The Morgan fingerprint density at radius 1 is 1.08 bits per heavy atom. The Balaban J connectivity index is 1.39. The molecule has 0 aliphatic heterocycles. The van der Waals surface area contributed by atoms with Crippen molar-refractivity contribution in [3.05, 3.63) is 60.2 Å². The number of amides is 1. The van der Waals surface area contributed by atoms with Gasteiger partial charge in [-0.15, -0.1) is 11.8 Å². The van der Waals surface area contributed by atoms with E-state index in [0.717, 1.165) is 24.2 Å². The van der Waals surface area contributed by atoms with Crippen LogP contribution in [-0.2, 0) is 11.3 Å². The number of rotatable bonds is 7. The molecular weight excluding hydrogens is 332 g/mol. The number of nitrogens with one attached hydrogen (secondary N) is 2. The minimum absolute atomic E-state index is 0.187. The van der Waals surface area contributed by atoms with Crippen LogP contribution in [0.4, 0.5) is 10.5 Å². The Labute approximate surface area is 153 Å². The third kappa shape index (κ3) is 5.16. The molecule has 0 bridgehead atoms. The molecule has 1 aliphatic rings. The van der Waals surface area contributed by atoms with E-state index < -0.39 is 0 Å². The summed E-state index contributed by atoms with van der Waals surface area (Å²) in [5, 5.41) is 6.52. The molecule has 0 saturated heterocycles. The predicted molar refractivity (Wildman–Crippen MR) is 103 cm³/mol. The van der Waals surface area contributed by atoms with Crippen molar-refractivity contribution in [2.75, 3.05) is 11.1 Å². The van der Waals surface area contributed by atoms with Crippen molar-refractivity contribution in [1.82, 2.24) is 5.32 Å². The number of hydrogen-bond donors (Lipinski definition) is 2. The van der Waals surface area contributed by atoms with Crippen LogP contribution >= 0.6 is 11.8 Å². The molecule has 2 N–H and O–H groups in total. The maximum atomic E-state index is 11.9. The van der Waals surface area contributed by atoms with Crippen molar-refractivity contribution in [2.24, 2.45) is 0 Å². The minimum atomic E-state index is -0.339. The summed E-state index contributed by atoms with van der Waals surface area (Å²) in [4.78, 5) is 13.1. The maximum Gasteiger partial charge on any atom is 0.407 e. The average Bonchev–Trinajstić information content (AvgIpc) is 2.61. The van der Waals surface area contributed by atoms with Crippen molar-refractivity contribution < 1.29 is 9.53 Å². The first-order chi connectivity index (χ1) is 12.2. The van der Waals surface area contributed by atoms with E-state index in [0.29, 0.717) is 12.6 Å². The van der Waals surface area contributed by atoms with E-state index in [4.69, 9.17) is 4.74 Å². The normalized spacial score (nSPS) is 18.9.